The van der Waals surface area contributed by atoms with Crippen molar-refractivity contribution in [3.05, 3.63) is 53.0 Å². The molecule has 0 aliphatic heterocycles. The highest BCUT2D eigenvalue weighted by Crippen LogP contribution is 2.30. The lowest BCUT2D eigenvalue weighted by Gasteiger charge is -2.07. The first-order valence-electron chi connectivity index (χ1n) is 5.54. The van der Waals surface area contributed by atoms with Crippen molar-refractivity contribution in [2.75, 3.05) is 7.11 Å². The molecule has 0 amide bonds. The summed E-state index contributed by atoms with van der Waals surface area (Å²) in [6, 6.07) is 13.3. The number of H-pyrrole nitrogens is 1. The van der Waals surface area contributed by atoms with Gasteiger partial charge in [-0.15, -0.1) is 0 Å². The summed E-state index contributed by atoms with van der Waals surface area (Å²) in [6.45, 7) is 0. The molecule has 0 saturated carbocycles. The van der Waals surface area contributed by atoms with Crippen molar-refractivity contribution in [3.63, 3.8) is 0 Å². The number of fused-ring (bicyclic) bond motifs is 1. The summed E-state index contributed by atoms with van der Waals surface area (Å²) < 4.78 is 10.3. The van der Waals surface area contributed by atoms with Crippen LogP contribution in [0, 0.1) is 0 Å². The van der Waals surface area contributed by atoms with Crippen molar-refractivity contribution in [3.8, 4) is 16.9 Å². The number of hydrogen-bond acceptors (Lipinski definition) is 3. The van der Waals surface area contributed by atoms with Crippen molar-refractivity contribution in [2.45, 2.75) is 0 Å². The Morgan fingerprint density at radius 1 is 1.17 bits per heavy atom. The van der Waals surface area contributed by atoms with Crippen LogP contribution in [0.5, 0.6) is 5.75 Å². The molecule has 4 heteroatoms. The molecule has 3 aromatic rings. The minimum absolute atomic E-state index is 0.442. The van der Waals surface area contributed by atoms with Gasteiger partial charge in [0, 0.05) is 5.56 Å². The fourth-order valence-electron chi connectivity index (χ4n) is 2.00. The maximum Gasteiger partial charge on any atom is 0.417 e. The zero-order chi connectivity index (χ0) is 12.5. The van der Waals surface area contributed by atoms with E-state index in [4.69, 9.17) is 9.15 Å². The summed E-state index contributed by atoms with van der Waals surface area (Å²) in [5.74, 6) is 0.352. The van der Waals surface area contributed by atoms with Crippen LogP contribution in [-0.2, 0) is 0 Å². The molecular formula is C14H11NO3. The zero-order valence-corrected chi connectivity index (χ0v) is 9.77. The SMILES string of the molecule is COc1ccccc1-c1ccc2oc(=O)[nH]c2c1. The molecule has 1 N–H and O–H groups in total. The van der Waals surface area contributed by atoms with Gasteiger partial charge in [-0.05, 0) is 23.8 Å². The van der Waals surface area contributed by atoms with E-state index in [-0.39, 0.29) is 0 Å². The number of nitrogens with one attached hydrogen (secondary N) is 1. The monoisotopic (exact) mass is 241 g/mol. The van der Waals surface area contributed by atoms with E-state index in [0.29, 0.717) is 11.1 Å². The number of para-hydroxylation sites is 1. The Hall–Kier alpha value is -2.49. The van der Waals surface area contributed by atoms with Gasteiger partial charge in [-0.2, -0.15) is 0 Å². The highest BCUT2D eigenvalue weighted by atomic mass is 16.5. The van der Waals surface area contributed by atoms with Gasteiger partial charge in [0.1, 0.15) is 5.75 Å². The first kappa shape index (κ1) is 10.7. The topological polar surface area (TPSA) is 55.2 Å². The van der Waals surface area contributed by atoms with E-state index >= 15 is 0 Å². The minimum atomic E-state index is -0.442. The molecule has 0 spiro atoms. The number of methoxy groups -OCH3 is 1. The van der Waals surface area contributed by atoms with Gasteiger partial charge in [0.25, 0.3) is 0 Å². The molecule has 0 bridgehead atoms. The first-order chi connectivity index (χ1) is 8.78. The van der Waals surface area contributed by atoms with Crippen molar-refractivity contribution in [1.29, 1.82) is 0 Å². The largest absolute Gasteiger partial charge is 0.496 e. The number of rotatable bonds is 2. The normalized spacial score (nSPS) is 10.7. The Balaban J connectivity index is 2.21. The van der Waals surface area contributed by atoms with Crippen LogP contribution in [0.1, 0.15) is 0 Å². The van der Waals surface area contributed by atoms with E-state index in [0.717, 1.165) is 16.9 Å². The molecule has 0 unspecified atom stereocenters. The fourth-order valence-corrected chi connectivity index (χ4v) is 2.00. The highest BCUT2D eigenvalue weighted by molar-refractivity contribution is 5.82. The summed E-state index contributed by atoms with van der Waals surface area (Å²) in [7, 11) is 1.64. The van der Waals surface area contributed by atoms with Crippen molar-refractivity contribution < 1.29 is 9.15 Å². The van der Waals surface area contributed by atoms with Crippen LogP contribution in [0.2, 0.25) is 0 Å². The van der Waals surface area contributed by atoms with Crippen LogP contribution in [0.25, 0.3) is 22.2 Å². The van der Waals surface area contributed by atoms with Crippen LogP contribution in [0.15, 0.2) is 51.7 Å². The van der Waals surface area contributed by atoms with Gasteiger partial charge in [-0.3, -0.25) is 4.98 Å². The Labute approximate surface area is 103 Å². The molecule has 90 valence electrons. The molecule has 3 rings (SSSR count). The second-order valence-electron chi connectivity index (χ2n) is 3.93. The van der Waals surface area contributed by atoms with Crippen molar-refractivity contribution in [1.82, 2.24) is 4.98 Å². The molecule has 0 atom stereocenters. The summed E-state index contributed by atoms with van der Waals surface area (Å²) in [5.41, 5.74) is 3.18. The summed E-state index contributed by atoms with van der Waals surface area (Å²) in [5, 5.41) is 0. The quantitative estimate of drug-likeness (QED) is 0.750. The zero-order valence-electron chi connectivity index (χ0n) is 9.77. The Morgan fingerprint density at radius 2 is 2.00 bits per heavy atom. The molecule has 1 aromatic heterocycles. The predicted octanol–water partition coefficient (Wildman–Crippen LogP) is 2.80. The number of hydrogen-bond donors (Lipinski definition) is 1. The van der Waals surface area contributed by atoms with Gasteiger partial charge < -0.3 is 9.15 Å². The molecule has 1 heterocycles. The van der Waals surface area contributed by atoms with Crippen LogP contribution in [0.4, 0.5) is 0 Å². The van der Waals surface area contributed by atoms with Crippen molar-refractivity contribution in [2.24, 2.45) is 0 Å². The molecule has 0 radical (unpaired) electrons. The van der Waals surface area contributed by atoms with E-state index in [2.05, 4.69) is 4.98 Å². The van der Waals surface area contributed by atoms with E-state index in [1.165, 1.54) is 0 Å². The number of ether oxygens (including phenoxy) is 1. The third kappa shape index (κ3) is 1.68. The second kappa shape index (κ2) is 4.07. The first-order valence-corrected chi connectivity index (χ1v) is 5.54. The third-order valence-corrected chi connectivity index (χ3v) is 2.84. The maximum absolute atomic E-state index is 11.1. The Kier molecular flexibility index (Phi) is 2.41. The maximum atomic E-state index is 11.1. The standard InChI is InChI=1S/C14H11NO3/c1-17-12-5-3-2-4-10(12)9-6-7-13-11(8-9)15-14(16)18-13/h2-8H,1H3,(H,15,16). The molecule has 0 fully saturated rings. The van der Waals surface area contributed by atoms with Gasteiger partial charge in [0.15, 0.2) is 5.58 Å². The third-order valence-electron chi connectivity index (χ3n) is 2.84. The van der Waals surface area contributed by atoms with Gasteiger partial charge in [0.2, 0.25) is 0 Å². The fraction of sp³-hybridized carbons (Fsp3) is 0.0714. The molecule has 2 aromatic carbocycles. The number of aromatic nitrogens is 1. The number of oxazole rings is 1. The average molecular weight is 241 g/mol. The number of aromatic amines is 1. The lowest BCUT2D eigenvalue weighted by Crippen LogP contribution is -1.93. The van der Waals surface area contributed by atoms with E-state index in [9.17, 15) is 4.79 Å². The van der Waals surface area contributed by atoms with E-state index in [1.807, 2.05) is 36.4 Å². The lowest BCUT2D eigenvalue weighted by molar-refractivity contribution is 0.416. The van der Waals surface area contributed by atoms with Gasteiger partial charge in [-0.25, -0.2) is 4.79 Å². The Bertz CT molecular complexity index is 755. The smallest absolute Gasteiger partial charge is 0.417 e. The van der Waals surface area contributed by atoms with Gasteiger partial charge in [-0.1, -0.05) is 24.3 Å². The average Bonchev–Trinajstić information content (AvgIpc) is 2.77. The predicted molar refractivity (Wildman–Crippen MR) is 68.8 cm³/mol. The molecule has 0 aliphatic rings. The molecular weight excluding hydrogens is 230 g/mol. The van der Waals surface area contributed by atoms with Gasteiger partial charge >= 0.3 is 5.76 Å². The molecule has 18 heavy (non-hydrogen) atoms. The van der Waals surface area contributed by atoms with E-state index < -0.39 is 5.76 Å². The minimum Gasteiger partial charge on any atom is -0.496 e. The molecule has 0 saturated heterocycles. The van der Waals surface area contributed by atoms with Gasteiger partial charge in [0.05, 0.1) is 12.6 Å². The van der Waals surface area contributed by atoms with Crippen LogP contribution in [0.3, 0.4) is 0 Å². The number of benzene rings is 2. The second-order valence-corrected chi connectivity index (χ2v) is 3.93. The van der Waals surface area contributed by atoms with Crippen LogP contribution >= 0.6 is 0 Å². The Morgan fingerprint density at radius 3 is 2.83 bits per heavy atom. The van der Waals surface area contributed by atoms with Crippen molar-refractivity contribution >= 4 is 11.1 Å². The van der Waals surface area contributed by atoms with Crippen LogP contribution in [-0.4, -0.2) is 12.1 Å². The summed E-state index contributed by atoms with van der Waals surface area (Å²) in [4.78, 5) is 13.8. The lowest BCUT2D eigenvalue weighted by atomic mass is 10.0. The molecule has 4 nitrogen and oxygen atoms in total. The molecule has 0 aliphatic carbocycles. The van der Waals surface area contributed by atoms with E-state index in [1.54, 1.807) is 13.2 Å². The summed E-state index contributed by atoms with van der Waals surface area (Å²) >= 11 is 0. The summed E-state index contributed by atoms with van der Waals surface area (Å²) in [6.07, 6.45) is 0. The highest BCUT2D eigenvalue weighted by Gasteiger charge is 2.07. The van der Waals surface area contributed by atoms with Crippen LogP contribution < -0.4 is 10.5 Å².